The van der Waals surface area contributed by atoms with Gasteiger partial charge in [-0.1, -0.05) is 45.0 Å². The topological polar surface area (TPSA) is 104 Å². The van der Waals surface area contributed by atoms with Crippen molar-refractivity contribution in [2.45, 2.75) is 40.0 Å². The van der Waals surface area contributed by atoms with Crippen molar-refractivity contribution in [3.63, 3.8) is 0 Å². The van der Waals surface area contributed by atoms with Crippen LogP contribution in [0.5, 0.6) is 5.75 Å². The Labute approximate surface area is 206 Å². The van der Waals surface area contributed by atoms with Crippen molar-refractivity contribution in [1.82, 2.24) is 20.3 Å². The summed E-state index contributed by atoms with van der Waals surface area (Å²) < 4.78 is 27.8. The van der Waals surface area contributed by atoms with E-state index < -0.39 is 46.2 Å². The average Bonchev–Trinajstić information content (AvgIpc) is 2.82. The zero-order valence-electron chi connectivity index (χ0n) is 20.0. The van der Waals surface area contributed by atoms with Crippen molar-refractivity contribution in [2.75, 3.05) is 0 Å². The van der Waals surface area contributed by atoms with Crippen LogP contribution < -0.4 is 16.2 Å². The molecule has 0 bridgehead atoms. The minimum Gasteiger partial charge on any atom is -0.503 e. The summed E-state index contributed by atoms with van der Waals surface area (Å²) in [5.74, 6) is -3.09. The highest BCUT2D eigenvalue weighted by atomic mass is 19.1. The zero-order chi connectivity index (χ0) is 26.2. The highest BCUT2D eigenvalue weighted by Crippen LogP contribution is 2.35. The molecule has 1 aromatic heterocycles. The van der Waals surface area contributed by atoms with Gasteiger partial charge in [0.25, 0.3) is 11.8 Å². The van der Waals surface area contributed by atoms with Gasteiger partial charge in [0, 0.05) is 12.7 Å². The Morgan fingerprint density at radius 3 is 2.11 bits per heavy atom. The lowest BCUT2D eigenvalue weighted by Crippen LogP contribution is -2.55. The number of pyridine rings is 1. The molecule has 0 saturated carbocycles. The summed E-state index contributed by atoms with van der Waals surface area (Å²) in [6, 6.07) is 11.1. The molecule has 1 aliphatic rings. The second-order valence-electron chi connectivity index (χ2n) is 9.70. The molecule has 0 fully saturated rings. The number of benzene rings is 2. The van der Waals surface area contributed by atoms with Crippen LogP contribution in [-0.2, 0) is 13.1 Å². The third-order valence-electron chi connectivity index (χ3n) is 5.90. The molecule has 3 aromatic rings. The molecular weight excluding hydrogens is 470 g/mol. The van der Waals surface area contributed by atoms with E-state index in [0.717, 1.165) is 0 Å². The smallest absolute Gasteiger partial charge is 0.289 e. The highest BCUT2D eigenvalue weighted by molar-refractivity contribution is 5.98. The third-order valence-corrected chi connectivity index (χ3v) is 5.90. The minimum atomic E-state index is -0.984. The number of nitrogens with zero attached hydrogens (tertiary/aromatic N) is 2. The quantitative estimate of drug-likeness (QED) is 0.502. The average molecular weight is 497 g/mol. The minimum absolute atomic E-state index is 0.0341. The first-order valence-electron chi connectivity index (χ1n) is 11.3. The van der Waals surface area contributed by atoms with Crippen molar-refractivity contribution in [3.05, 3.63) is 99.0 Å². The Balaban J connectivity index is 1.69. The fourth-order valence-corrected chi connectivity index (χ4v) is 3.97. The normalized spacial score (nSPS) is 15.5. The van der Waals surface area contributed by atoms with Gasteiger partial charge in [0.05, 0.1) is 6.54 Å². The lowest BCUT2D eigenvalue weighted by atomic mass is 9.91. The van der Waals surface area contributed by atoms with E-state index in [0.29, 0.717) is 11.1 Å². The maximum absolute atomic E-state index is 13.3. The summed E-state index contributed by atoms with van der Waals surface area (Å²) in [6.07, 6.45) is 0.633. The molecule has 36 heavy (non-hydrogen) atoms. The van der Waals surface area contributed by atoms with Crippen LogP contribution in [-0.4, -0.2) is 26.5 Å². The summed E-state index contributed by atoms with van der Waals surface area (Å²) in [4.78, 5) is 39.1. The Hall–Kier alpha value is -4.05. The van der Waals surface area contributed by atoms with E-state index in [1.807, 2.05) is 20.8 Å². The molecule has 1 aliphatic heterocycles. The lowest BCUT2D eigenvalue weighted by Gasteiger charge is -2.43. The van der Waals surface area contributed by atoms with Gasteiger partial charge < -0.3 is 15.0 Å². The highest BCUT2D eigenvalue weighted by Gasteiger charge is 2.40. The standard InChI is InChI=1S/C26H26F2N4O4/c1-26(2,3)25-30-32(13-16-6-10-18(28)11-7-16)24(36)20-22(34)21(33)19(14-31(20)25)23(35)29-12-15-4-8-17(27)9-5-15/h4-11,14,25,30,34H,12-13H2,1-3H3,(H,29,35). The number of rotatable bonds is 5. The van der Waals surface area contributed by atoms with Crippen molar-refractivity contribution in [3.8, 4) is 5.75 Å². The van der Waals surface area contributed by atoms with Crippen molar-refractivity contribution in [2.24, 2.45) is 5.41 Å². The summed E-state index contributed by atoms with van der Waals surface area (Å²) in [5.41, 5.74) is 2.26. The number of amides is 2. The first kappa shape index (κ1) is 25.1. The number of carbonyl (C=O) groups is 2. The summed E-state index contributed by atoms with van der Waals surface area (Å²) in [6.45, 7) is 5.77. The third kappa shape index (κ3) is 4.99. The predicted octanol–water partition coefficient (Wildman–Crippen LogP) is 3.47. The maximum atomic E-state index is 13.3. The van der Waals surface area contributed by atoms with Crippen molar-refractivity contribution in [1.29, 1.82) is 0 Å². The van der Waals surface area contributed by atoms with E-state index >= 15 is 0 Å². The number of nitrogens with one attached hydrogen (secondary N) is 2. The Bertz CT molecular complexity index is 1360. The van der Waals surface area contributed by atoms with Gasteiger partial charge in [-0.2, -0.15) is 0 Å². The van der Waals surface area contributed by atoms with Crippen molar-refractivity contribution >= 4 is 11.8 Å². The fourth-order valence-electron chi connectivity index (χ4n) is 3.97. The molecule has 8 nitrogen and oxygen atoms in total. The van der Waals surface area contributed by atoms with E-state index in [2.05, 4.69) is 10.7 Å². The molecule has 3 N–H and O–H groups in total. The molecule has 1 atom stereocenters. The van der Waals surface area contributed by atoms with Gasteiger partial charge >= 0.3 is 0 Å². The molecule has 0 saturated heterocycles. The number of fused-ring (bicyclic) bond motifs is 1. The lowest BCUT2D eigenvalue weighted by molar-refractivity contribution is 0.0226. The van der Waals surface area contributed by atoms with Crippen LogP contribution in [0.15, 0.2) is 59.5 Å². The number of hydrazine groups is 1. The zero-order valence-corrected chi connectivity index (χ0v) is 20.0. The molecule has 2 aromatic carbocycles. The Kier molecular flexibility index (Phi) is 6.64. The van der Waals surface area contributed by atoms with Crippen LogP contribution in [0.3, 0.4) is 0 Å². The molecule has 1 unspecified atom stereocenters. The van der Waals surface area contributed by atoms with E-state index in [4.69, 9.17) is 0 Å². The van der Waals surface area contributed by atoms with E-state index in [1.54, 1.807) is 0 Å². The molecule has 0 aliphatic carbocycles. The number of aromatic nitrogens is 1. The second-order valence-corrected chi connectivity index (χ2v) is 9.70. The number of hydrogen-bond donors (Lipinski definition) is 3. The number of aromatic hydroxyl groups is 1. The molecule has 2 amide bonds. The van der Waals surface area contributed by atoms with Gasteiger partial charge in [0.15, 0.2) is 11.4 Å². The van der Waals surface area contributed by atoms with Crippen LogP contribution in [0.2, 0.25) is 0 Å². The van der Waals surface area contributed by atoms with Crippen LogP contribution in [0.25, 0.3) is 0 Å². The Morgan fingerprint density at radius 1 is 1.00 bits per heavy atom. The number of halogens is 2. The van der Waals surface area contributed by atoms with Gasteiger partial charge in [0.1, 0.15) is 23.4 Å². The fraction of sp³-hybridized carbons (Fsp3) is 0.269. The summed E-state index contributed by atoms with van der Waals surface area (Å²) in [7, 11) is 0. The van der Waals surface area contributed by atoms with Crippen molar-refractivity contribution < 1.29 is 23.5 Å². The van der Waals surface area contributed by atoms with Gasteiger partial charge in [-0.05, 0) is 40.8 Å². The molecule has 0 spiro atoms. The first-order chi connectivity index (χ1) is 17.0. The van der Waals surface area contributed by atoms with Gasteiger partial charge in [-0.25, -0.2) is 14.2 Å². The molecule has 0 radical (unpaired) electrons. The van der Waals surface area contributed by atoms with E-state index in [-0.39, 0.29) is 24.3 Å². The number of hydrogen-bond acceptors (Lipinski definition) is 5. The predicted molar refractivity (Wildman–Crippen MR) is 128 cm³/mol. The summed E-state index contributed by atoms with van der Waals surface area (Å²) in [5, 5.41) is 14.6. The van der Waals surface area contributed by atoms with Crippen LogP contribution in [0.4, 0.5) is 8.78 Å². The molecular formula is C26H26F2N4O4. The van der Waals surface area contributed by atoms with E-state index in [9.17, 15) is 28.3 Å². The molecule has 2 heterocycles. The molecule has 4 rings (SSSR count). The largest absolute Gasteiger partial charge is 0.503 e. The maximum Gasteiger partial charge on any atom is 0.289 e. The van der Waals surface area contributed by atoms with Crippen LogP contribution >= 0.6 is 0 Å². The Morgan fingerprint density at radius 2 is 1.56 bits per heavy atom. The summed E-state index contributed by atoms with van der Waals surface area (Å²) >= 11 is 0. The first-order valence-corrected chi connectivity index (χ1v) is 11.3. The van der Waals surface area contributed by atoms with E-state index in [1.165, 1.54) is 64.3 Å². The van der Waals surface area contributed by atoms with Gasteiger partial charge in [-0.3, -0.25) is 19.4 Å². The number of carbonyl (C=O) groups excluding carboxylic acids is 2. The van der Waals surface area contributed by atoms with Gasteiger partial charge in [-0.15, -0.1) is 0 Å². The SMILES string of the molecule is CC(C)(C)C1NN(Cc2ccc(F)cc2)C(=O)c2c(O)c(=O)c(C(=O)NCc3ccc(F)cc3)cn21. The second kappa shape index (κ2) is 9.54. The monoisotopic (exact) mass is 496 g/mol. The van der Waals surface area contributed by atoms with Crippen LogP contribution in [0, 0.1) is 17.0 Å². The van der Waals surface area contributed by atoms with Crippen LogP contribution in [0.1, 0.15) is 58.9 Å². The molecule has 10 heteroatoms. The van der Waals surface area contributed by atoms with Gasteiger partial charge in [0.2, 0.25) is 5.43 Å². The molecule has 188 valence electrons.